The maximum Gasteiger partial charge on any atom is 0.251 e. The monoisotopic (exact) mass is 405 g/mol. The van der Waals surface area contributed by atoms with Gasteiger partial charge in [-0.1, -0.05) is 30.3 Å². The minimum absolute atomic E-state index is 0.0435. The smallest absolute Gasteiger partial charge is 0.251 e. The number of nitrogens with one attached hydrogen (secondary N) is 3. The molecule has 0 unspecified atom stereocenters. The molecule has 0 atom stereocenters. The summed E-state index contributed by atoms with van der Waals surface area (Å²) in [4.78, 5) is 16.5. The zero-order valence-electron chi connectivity index (χ0n) is 17.8. The standard InChI is InChI=1S/C24H31N5O/c1-3-25-23(30)21-12-10-19(11-13-21)18-28-24(26-4-2)27-15-7-16-29-17-14-20-8-5-6-9-22(20)29/h5-6,8-14,17H,3-4,7,15-16,18H2,1-2H3,(H,25,30)(H2,26,27,28). The van der Waals surface area contributed by atoms with Crippen molar-refractivity contribution in [2.24, 2.45) is 4.99 Å². The number of carbonyl (C=O) groups excluding carboxylic acids is 1. The quantitative estimate of drug-likeness (QED) is 0.290. The Hall–Kier alpha value is -3.28. The molecule has 3 rings (SSSR count). The topological polar surface area (TPSA) is 70.4 Å². The number of amides is 1. The molecule has 0 radical (unpaired) electrons. The molecule has 0 saturated carbocycles. The molecule has 0 aliphatic rings. The Balaban J connectivity index is 1.50. The van der Waals surface area contributed by atoms with Crippen LogP contribution in [0.1, 0.15) is 36.2 Å². The molecule has 0 saturated heterocycles. The van der Waals surface area contributed by atoms with Crippen LogP contribution in [0.3, 0.4) is 0 Å². The van der Waals surface area contributed by atoms with Crippen molar-refractivity contribution < 1.29 is 4.79 Å². The van der Waals surface area contributed by atoms with Gasteiger partial charge in [-0.25, -0.2) is 4.99 Å². The van der Waals surface area contributed by atoms with Crippen LogP contribution in [0.25, 0.3) is 10.9 Å². The third-order valence-electron chi connectivity index (χ3n) is 4.87. The molecule has 30 heavy (non-hydrogen) atoms. The van der Waals surface area contributed by atoms with E-state index in [2.05, 4.69) is 69.0 Å². The number of aromatic nitrogens is 1. The van der Waals surface area contributed by atoms with E-state index in [-0.39, 0.29) is 5.91 Å². The number of carbonyl (C=O) groups is 1. The molecule has 0 fully saturated rings. The average molecular weight is 406 g/mol. The summed E-state index contributed by atoms with van der Waals surface area (Å²) in [6.45, 7) is 7.78. The van der Waals surface area contributed by atoms with E-state index >= 15 is 0 Å². The van der Waals surface area contributed by atoms with Gasteiger partial charge in [0.15, 0.2) is 5.96 Å². The lowest BCUT2D eigenvalue weighted by atomic mass is 10.1. The van der Waals surface area contributed by atoms with Crippen LogP contribution in [-0.4, -0.2) is 36.1 Å². The van der Waals surface area contributed by atoms with Gasteiger partial charge in [-0.05, 0) is 55.5 Å². The van der Waals surface area contributed by atoms with Crippen molar-refractivity contribution in [3.63, 3.8) is 0 Å². The number of benzene rings is 2. The summed E-state index contributed by atoms with van der Waals surface area (Å²) in [5, 5.41) is 10.8. The second kappa shape index (κ2) is 11.0. The van der Waals surface area contributed by atoms with Crippen LogP contribution in [0.2, 0.25) is 0 Å². The molecule has 3 aromatic rings. The van der Waals surface area contributed by atoms with Gasteiger partial charge in [-0.15, -0.1) is 0 Å². The van der Waals surface area contributed by atoms with Crippen LogP contribution in [-0.2, 0) is 13.1 Å². The third kappa shape index (κ3) is 5.86. The number of hydrogen-bond donors (Lipinski definition) is 3. The zero-order chi connectivity index (χ0) is 21.2. The Morgan fingerprint density at radius 1 is 0.933 bits per heavy atom. The molecule has 3 N–H and O–H groups in total. The third-order valence-corrected chi connectivity index (χ3v) is 4.87. The number of aryl methyl sites for hydroxylation is 1. The first-order valence-corrected chi connectivity index (χ1v) is 10.6. The van der Waals surface area contributed by atoms with Crippen LogP contribution in [0.15, 0.2) is 65.8 Å². The van der Waals surface area contributed by atoms with E-state index in [0.29, 0.717) is 18.7 Å². The molecule has 0 bridgehead atoms. The minimum atomic E-state index is -0.0435. The first-order chi connectivity index (χ1) is 14.7. The molecule has 1 heterocycles. The number of fused-ring (bicyclic) bond motifs is 1. The van der Waals surface area contributed by atoms with E-state index in [9.17, 15) is 4.79 Å². The number of para-hydroxylation sites is 1. The molecule has 0 aliphatic carbocycles. The fourth-order valence-corrected chi connectivity index (χ4v) is 3.33. The predicted molar refractivity (Wildman–Crippen MR) is 124 cm³/mol. The lowest BCUT2D eigenvalue weighted by molar-refractivity contribution is 0.0956. The summed E-state index contributed by atoms with van der Waals surface area (Å²) in [6.07, 6.45) is 3.15. The summed E-state index contributed by atoms with van der Waals surface area (Å²) in [5.74, 6) is 0.765. The zero-order valence-corrected chi connectivity index (χ0v) is 17.8. The normalized spacial score (nSPS) is 11.5. The summed E-state index contributed by atoms with van der Waals surface area (Å²) in [6, 6.07) is 18.2. The Morgan fingerprint density at radius 2 is 1.70 bits per heavy atom. The highest BCUT2D eigenvalue weighted by Gasteiger charge is 2.04. The van der Waals surface area contributed by atoms with Crippen molar-refractivity contribution >= 4 is 22.8 Å². The summed E-state index contributed by atoms with van der Waals surface area (Å²) in [5.41, 5.74) is 3.01. The maximum absolute atomic E-state index is 11.9. The number of nitrogens with zero attached hydrogens (tertiary/aromatic N) is 2. The highest BCUT2D eigenvalue weighted by Crippen LogP contribution is 2.15. The number of aliphatic imine (C=N–C) groups is 1. The van der Waals surface area contributed by atoms with Crippen LogP contribution >= 0.6 is 0 Å². The Morgan fingerprint density at radius 3 is 2.47 bits per heavy atom. The molecule has 2 aromatic carbocycles. The Labute approximate surface area is 178 Å². The van der Waals surface area contributed by atoms with E-state index in [1.807, 2.05) is 31.2 Å². The Bertz CT molecular complexity index is 975. The molecule has 1 aromatic heterocycles. The van der Waals surface area contributed by atoms with Crippen LogP contribution in [0.4, 0.5) is 0 Å². The fraction of sp³-hybridized carbons (Fsp3) is 0.333. The molecule has 0 spiro atoms. The van der Waals surface area contributed by atoms with Gasteiger partial charge >= 0.3 is 0 Å². The summed E-state index contributed by atoms with van der Waals surface area (Å²) >= 11 is 0. The SMILES string of the molecule is CCNC(=O)c1ccc(CN=C(NCC)NCCCn2ccc3ccccc32)cc1. The van der Waals surface area contributed by atoms with E-state index < -0.39 is 0 Å². The van der Waals surface area contributed by atoms with Gasteiger partial charge in [0.05, 0.1) is 6.54 Å². The largest absolute Gasteiger partial charge is 0.357 e. The second-order valence-corrected chi connectivity index (χ2v) is 7.10. The first-order valence-electron chi connectivity index (χ1n) is 10.6. The molecule has 6 heteroatoms. The van der Waals surface area contributed by atoms with Crippen LogP contribution in [0, 0.1) is 0 Å². The first kappa shape index (κ1) is 21.4. The van der Waals surface area contributed by atoms with Crippen molar-refractivity contribution in [1.29, 1.82) is 0 Å². The molecule has 6 nitrogen and oxygen atoms in total. The van der Waals surface area contributed by atoms with Crippen molar-refractivity contribution in [3.8, 4) is 0 Å². The maximum atomic E-state index is 11.9. The lowest BCUT2D eigenvalue weighted by Crippen LogP contribution is -2.38. The van der Waals surface area contributed by atoms with Gasteiger partial charge in [-0.2, -0.15) is 0 Å². The average Bonchev–Trinajstić information content (AvgIpc) is 3.18. The number of hydrogen-bond acceptors (Lipinski definition) is 2. The van der Waals surface area contributed by atoms with Gasteiger partial charge in [0.25, 0.3) is 5.91 Å². The van der Waals surface area contributed by atoms with Gasteiger partial charge in [0, 0.05) is 43.5 Å². The molecular formula is C24H31N5O. The van der Waals surface area contributed by atoms with E-state index in [0.717, 1.165) is 37.6 Å². The number of rotatable bonds is 9. The lowest BCUT2D eigenvalue weighted by Gasteiger charge is -2.12. The summed E-state index contributed by atoms with van der Waals surface area (Å²) in [7, 11) is 0. The second-order valence-electron chi connectivity index (χ2n) is 7.10. The van der Waals surface area contributed by atoms with E-state index in [1.54, 1.807) is 0 Å². The van der Waals surface area contributed by atoms with Crippen LogP contribution < -0.4 is 16.0 Å². The van der Waals surface area contributed by atoms with Crippen molar-refractivity contribution in [2.45, 2.75) is 33.4 Å². The van der Waals surface area contributed by atoms with E-state index in [4.69, 9.17) is 0 Å². The molecule has 1 amide bonds. The van der Waals surface area contributed by atoms with Crippen LogP contribution in [0.5, 0.6) is 0 Å². The molecule has 0 aliphatic heterocycles. The van der Waals surface area contributed by atoms with Gasteiger partial charge in [0.1, 0.15) is 0 Å². The number of guanidine groups is 1. The Kier molecular flexibility index (Phi) is 7.89. The highest BCUT2D eigenvalue weighted by atomic mass is 16.1. The van der Waals surface area contributed by atoms with Crippen molar-refractivity contribution in [3.05, 3.63) is 71.9 Å². The minimum Gasteiger partial charge on any atom is -0.357 e. The van der Waals surface area contributed by atoms with Gasteiger partial charge in [-0.3, -0.25) is 4.79 Å². The van der Waals surface area contributed by atoms with Crippen molar-refractivity contribution in [2.75, 3.05) is 19.6 Å². The fourth-order valence-electron chi connectivity index (χ4n) is 3.33. The molecular weight excluding hydrogens is 374 g/mol. The molecule has 158 valence electrons. The summed E-state index contributed by atoms with van der Waals surface area (Å²) < 4.78 is 2.29. The van der Waals surface area contributed by atoms with Crippen molar-refractivity contribution in [1.82, 2.24) is 20.5 Å². The van der Waals surface area contributed by atoms with E-state index in [1.165, 1.54) is 10.9 Å². The predicted octanol–water partition coefficient (Wildman–Crippen LogP) is 3.54. The highest BCUT2D eigenvalue weighted by molar-refractivity contribution is 5.94. The van der Waals surface area contributed by atoms with Gasteiger partial charge in [0.2, 0.25) is 0 Å². The van der Waals surface area contributed by atoms with Gasteiger partial charge < -0.3 is 20.5 Å².